The third kappa shape index (κ3) is 3.83. The van der Waals surface area contributed by atoms with E-state index in [9.17, 15) is 9.90 Å². The van der Waals surface area contributed by atoms with Crippen molar-refractivity contribution in [2.75, 3.05) is 37.7 Å². The largest absolute Gasteiger partial charge is 0.396 e. The standard InChI is InChI=1S/C19H29N3O2/c1-15-12-22(13-17(15)14-23)19(24)20-11-16-7-3-4-8-18(16)21-9-5-2-6-10-21/h3-4,7-8,15,17,23H,2,5-6,9-14H2,1H3,(H,20,24)/t15-,17+/m1/s1. The maximum Gasteiger partial charge on any atom is 0.317 e. The summed E-state index contributed by atoms with van der Waals surface area (Å²) in [6.07, 6.45) is 3.80. The second-order valence-corrected chi connectivity index (χ2v) is 7.16. The maximum absolute atomic E-state index is 12.4. The summed E-state index contributed by atoms with van der Waals surface area (Å²) in [5, 5.41) is 12.4. The number of hydrogen-bond donors (Lipinski definition) is 2. The summed E-state index contributed by atoms with van der Waals surface area (Å²) in [4.78, 5) is 16.7. The lowest BCUT2D eigenvalue weighted by Gasteiger charge is -2.30. The van der Waals surface area contributed by atoms with Gasteiger partial charge in [-0.05, 0) is 36.8 Å². The fraction of sp³-hybridized carbons (Fsp3) is 0.632. The SMILES string of the molecule is C[C@@H]1CN(C(=O)NCc2ccccc2N2CCCCC2)C[C@H]1CO. The van der Waals surface area contributed by atoms with Crippen molar-refractivity contribution < 1.29 is 9.90 Å². The number of hydrogen-bond acceptors (Lipinski definition) is 3. The minimum Gasteiger partial charge on any atom is -0.396 e. The number of nitrogens with zero attached hydrogens (tertiary/aromatic N) is 2. The average Bonchev–Trinajstić information content (AvgIpc) is 3.01. The number of piperidine rings is 1. The van der Waals surface area contributed by atoms with Crippen LogP contribution in [0, 0.1) is 11.8 Å². The predicted octanol–water partition coefficient (Wildman–Crippen LogP) is 2.45. The van der Waals surface area contributed by atoms with Gasteiger partial charge in [-0.2, -0.15) is 0 Å². The van der Waals surface area contributed by atoms with E-state index in [1.165, 1.54) is 30.5 Å². The number of likely N-dealkylation sites (tertiary alicyclic amines) is 1. The van der Waals surface area contributed by atoms with Crippen LogP contribution in [0.3, 0.4) is 0 Å². The molecule has 0 radical (unpaired) electrons. The molecule has 5 nitrogen and oxygen atoms in total. The minimum atomic E-state index is -0.0220. The van der Waals surface area contributed by atoms with Gasteiger partial charge < -0.3 is 20.2 Å². The van der Waals surface area contributed by atoms with E-state index >= 15 is 0 Å². The molecule has 0 saturated carbocycles. The van der Waals surface area contributed by atoms with Crippen LogP contribution < -0.4 is 10.2 Å². The summed E-state index contributed by atoms with van der Waals surface area (Å²) in [7, 11) is 0. The van der Waals surface area contributed by atoms with Gasteiger partial charge in [0.2, 0.25) is 0 Å². The summed E-state index contributed by atoms with van der Waals surface area (Å²) in [5.74, 6) is 0.567. The van der Waals surface area contributed by atoms with Crippen LogP contribution in [0.4, 0.5) is 10.5 Å². The van der Waals surface area contributed by atoms with Crippen LogP contribution in [0.15, 0.2) is 24.3 Å². The van der Waals surface area contributed by atoms with Crippen molar-refractivity contribution in [2.45, 2.75) is 32.7 Å². The number of amides is 2. The highest BCUT2D eigenvalue weighted by Gasteiger charge is 2.31. The maximum atomic E-state index is 12.4. The first-order valence-electron chi connectivity index (χ1n) is 9.15. The van der Waals surface area contributed by atoms with E-state index in [0.717, 1.165) is 19.6 Å². The Morgan fingerprint density at radius 1 is 1.21 bits per heavy atom. The molecule has 2 saturated heterocycles. The molecule has 0 spiro atoms. The number of carbonyl (C=O) groups is 1. The van der Waals surface area contributed by atoms with E-state index in [1.807, 2.05) is 11.0 Å². The topological polar surface area (TPSA) is 55.8 Å². The Bertz CT molecular complexity index is 557. The van der Waals surface area contributed by atoms with Gasteiger partial charge >= 0.3 is 6.03 Å². The number of benzene rings is 1. The molecule has 1 aromatic carbocycles. The molecule has 2 aliphatic rings. The lowest BCUT2D eigenvalue weighted by molar-refractivity contribution is 0.195. The van der Waals surface area contributed by atoms with Crippen LogP contribution in [0.2, 0.25) is 0 Å². The second kappa shape index (κ2) is 7.88. The van der Waals surface area contributed by atoms with Crippen molar-refractivity contribution in [3.8, 4) is 0 Å². The molecule has 2 heterocycles. The number of aliphatic hydroxyl groups excluding tert-OH is 1. The van der Waals surface area contributed by atoms with Gasteiger partial charge in [-0.1, -0.05) is 25.1 Å². The molecule has 3 rings (SSSR count). The van der Waals surface area contributed by atoms with Gasteiger partial charge in [0.1, 0.15) is 0 Å². The van der Waals surface area contributed by atoms with E-state index < -0.39 is 0 Å². The molecule has 1 aromatic rings. The molecule has 2 fully saturated rings. The Hall–Kier alpha value is -1.75. The first kappa shape index (κ1) is 17.1. The van der Waals surface area contributed by atoms with Gasteiger partial charge in [0, 0.05) is 50.9 Å². The van der Waals surface area contributed by atoms with Gasteiger partial charge in [-0.3, -0.25) is 0 Å². The predicted molar refractivity (Wildman–Crippen MR) is 96.1 cm³/mol. The Kier molecular flexibility index (Phi) is 5.61. The monoisotopic (exact) mass is 331 g/mol. The van der Waals surface area contributed by atoms with Crippen LogP contribution in [-0.2, 0) is 6.54 Å². The van der Waals surface area contributed by atoms with E-state index in [1.54, 1.807) is 0 Å². The quantitative estimate of drug-likeness (QED) is 0.891. The molecule has 2 amide bonds. The number of carbonyl (C=O) groups excluding carboxylic acids is 1. The molecule has 0 aliphatic carbocycles. The van der Waals surface area contributed by atoms with Crippen molar-refractivity contribution >= 4 is 11.7 Å². The van der Waals surface area contributed by atoms with Gasteiger partial charge in [0.05, 0.1) is 0 Å². The molecule has 2 aliphatic heterocycles. The first-order valence-corrected chi connectivity index (χ1v) is 9.15. The van der Waals surface area contributed by atoms with Crippen molar-refractivity contribution in [3.63, 3.8) is 0 Å². The summed E-state index contributed by atoms with van der Waals surface area (Å²) < 4.78 is 0. The Morgan fingerprint density at radius 3 is 2.67 bits per heavy atom. The zero-order valence-electron chi connectivity index (χ0n) is 14.6. The molecule has 132 valence electrons. The van der Waals surface area contributed by atoms with Crippen LogP contribution in [-0.4, -0.2) is 48.8 Å². The Labute approximate surface area is 144 Å². The average molecular weight is 331 g/mol. The van der Waals surface area contributed by atoms with E-state index in [2.05, 4.69) is 35.3 Å². The smallest absolute Gasteiger partial charge is 0.317 e. The Balaban J connectivity index is 1.59. The minimum absolute atomic E-state index is 0.0220. The number of para-hydroxylation sites is 1. The van der Waals surface area contributed by atoms with Gasteiger partial charge in [-0.15, -0.1) is 0 Å². The fourth-order valence-corrected chi connectivity index (χ4v) is 3.82. The summed E-state index contributed by atoms with van der Waals surface area (Å²) in [5.41, 5.74) is 2.43. The normalized spacial score (nSPS) is 24.2. The number of nitrogens with one attached hydrogen (secondary N) is 1. The van der Waals surface area contributed by atoms with Crippen molar-refractivity contribution in [2.24, 2.45) is 11.8 Å². The third-order valence-electron chi connectivity index (χ3n) is 5.41. The van der Waals surface area contributed by atoms with Crippen molar-refractivity contribution in [1.82, 2.24) is 10.2 Å². The molecular weight excluding hydrogens is 302 g/mol. The molecule has 0 aromatic heterocycles. The third-order valence-corrected chi connectivity index (χ3v) is 5.41. The van der Waals surface area contributed by atoms with Crippen molar-refractivity contribution in [1.29, 1.82) is 0 Å². The highest BCUT2D eigenvalue weighted by Crippen LogP contribution is 2.25. The molecular formula is C19H29N3O2. The number of urea groups is 1. The van der Waals surface area contributed by atoms with Crippen molar-refractivity contribution in [3.05, 3.63) is 29.8 Å². The molecule has 24 heavy (non-hydrogen) atoms. The van der Waals surface area contributed by atoms with E-state index in [-0.39, 0.29) is 18.6 Å². The molecule has 0 bridgehead atoms. The zero-order chi connectivity index (χ0) is 16.9. The summed E-state index contributed by atoms with van der Waals surface area (Å²) in [6, 6.07) is 8.35. The van der Waals surface area contributed by atoms with Gasteiger partial charge in [0.25, 0.3) is 0 Å². The Morgan fingerprint density at radius 2 is 1.96 bits per heavy atom. The number of rotatable bonds is 4. The van der Waals surface area contributed by atoms with E-state index in [0.29, 0.717) is 19.0 Å². The molecule has 2 atom stereocenters. The summed E-state index contributed by atoms with van der Waals surface area (Å²) >= 11 is 0. The second-order valence-electron chi connectivity index (χ2n) is 7.16. The zero-order valence-corrected chi connectivity index (χ0v) is 14.6. The lowest BCUT2D eigenvalue weighted by Crippen LogP contribution is -2.39. The first-order chi connectivity index (χ1) is 11.7. The van der Waals surface area contributed by atoms with Crippen LogP contribution in [0.1, 0.15) is 31.7 Å². The van der Waals surface area contributed by atoms with Gasteiger partial charge in [-0.25, -0.2) is 4.79 Å². The van der Waals surface area contributed by atoms with Gasteiger partial charge in [0.15, 0.2) is 0 Å². The highest BCUT2D eigenvalue weighted by atomic mass is 16.3. The molecule has 5 heteroatoms. The van der Waals surface area contributed by atoms with Crippen LogP contribution in [0.25, 0.3) is 0 Å². The summed E-state index contributed by atoms with van der Waals surface area (Å²) in [6.45, 7) is 6.39. The highest BCUT2D eigenvalue weighted by molar-refractivity contribution is 5.75. The van der Waals surface area contributed by atoms with E-state index in [4.69, 9.17) is 0 Å². The van der Waals surface area contributed by atoms with Crippen LogP contribution >= 0.6 is 0 Å². The van der Waals surface area contributed by atoms with Crippen LogP contribution in [0.5, 0.6) is 0 Å². The molecule has 0 unspecified atom stereocenters. The number of anilines is 1. The lowest BCUT2D eigenvalue weighted by atomic mass is 10.00. The number of aliphatic hydroxyl groups is 1. The fourth-order valence-electron chi connectivity index (χ4n) is 3.82. The molecule has 2 N–H and O–H groups in total.